The number of fused-ring (bicyclic) bond motifs is 2. The highest BCUT2D eigenvalue weighted by atomic mass is 32.2. The molecule has 0 heterocycles. The molecule has 0 radical (unpaired) electrons. The number of halogens is 3. The van der Waals surface area contributed by atoms with E-state index in [4.69, 9.17) is 4.74 Å². The van der Waals surface area contributed by atoms with Gasteiger partial charge < -0.3 is 4.74 Å². The normalized spacial score (nSPS) is 25.9. The molecule has 2 atom stereocenters. The van der Waals surface area contributed by atoms with Crippen LogP contribution in [0.4, 0.5) is 13.2 Å². The number of alkyl halides is 3. The Kier molecular flexibility index (Phi) is 9.61. The summed E-state index contributed by atoms with van der Waals surface area (Å²) >= 11 is -0.191. The molecular weight excluding hydrogens is 363 g/mol. The Balaban J connectivity index is 1.40. The molecule has 26 heavy (non-hydrogen) atoms. The van der Waals surface area contributed by atoms with Gasteiger partial charge >= 0.3 is 11.5 Å². The predicted octanol–water partition coefficient (Wildman–Crippen LogP) is 5.84. The van der Waals surface area contributed by atoms with E-state index < -0.39 is 5.51 Å². The standard InChI is InChI=1S/C19H32F3NO2S/c20-19(21,22)26-23-10-3-1-2-4-11-25-18(24)9-8-17-13-15-6-5-7-16(12-15)14-17/h15-17,23H,1-14H2. The van der Waals surface area contributed by atoms with Gasteiger partial charge in [0.25, 0.3) is 0 Å². The molecule has 2 aliphatic carbocycles. The van der Waals surface area contributed by atoms with Crippen LogP contribution in [0.3, 0.4) is 0 Å². The maximum Gasteiger partial charge on any atom is 0.456 e. The Morgan fingerprint density at radius 2 is 1.73 bits per heavy atom. The van der Waals surface area contributed by atoms with Crippen LogP contribution < -0.4 is 4.72 Å². The molecule has 2 rings (SSSR count). The van der Waals surface area contributed by atoms with Crippen molar-refractivity contribution in [2.45, 2.75) is 82.6 Å². The molecule has 152 valence electrons. The minimum absolute atomic E-state index is 0.0935. The lowest BCUT2D eigenvalue weighted by molar-refractivity contribution is -0.144. The van der Waals surface area contributed by atoms with Gasteiger partial charge in [0, 0.05) is 24.9 Å². The molecule has 0 aromatic heterocycles. The van der Waals surface area contributed by atoms with Crippen molar-refractivity contribution in [1.29, 1.82) is 0 Å². The fourth-order valence-corrected chi connectivity index (χ4v) is 4.88. The van der Waals surface area contributed by atoms with Crippen LogP contribution in [0.2, 0.25) is 0 Å². The van der Waals surface area contributed by atoms with E-state index in [2.05, 4.69) is 4.72 Å². The maximum absolute atomic E-state index is 11.9. The van der Waals surface area contributed by atoms with Gasteiger partial charge in [-0.15, -0.1) is 0 Å². The third-order valence-corrected chi connectivity index (χ3v) is 6.19. The van der Waals surface area contributed by atoms with E-state index in [-0.39, 0.29) is 17.9 Å². The Hall–Kier alpha value is -0.430. The Labute approximate surface area is 159 Å². The molecule has 3 nitrogen and oxygen atoms in total. The van der Waals surface area contributed by atoms with Crippen molar-refractivity contribution < 1.29 is 22.7 Å². The molecule has 2 fully saturated rings. The van der Waals surface area contributed by atoms with Crippen LogP contribution in [0, 0.1) is 17.8 Å². The zero-order valence-corrected chi connectivity index (χ0v) is 16.3. The highest BCUT2D eigenvalue weighted by Crippen LogP contribution is 2.43. The van der Waals surface area contributed by atoms with Crippen LogP contribution in [0.15, 0.2) is 0 Å². The van der Waals surface area contributed by atoms with E-state index in [0.717, 1.165) is 37.5 Å². The Bertz CT molecular complexity index is 408. The predicted molar refractivity (Wildman–Crippen MR) is 98.5 cm³/mol. The Morgan fingerprint density at radius 1 is 1.04 bits per heavy atom. The topological polar surface area (TPSA) is 38.3 Å². The Morgan fingerprint density at radius 3 is 2.42 bits per heavy atom. The van der Waals surface area contributed by atoms with Crippen molar-refractivity contribution in [3.05, 3.63) is 0 Å². The van der Waals surface area contributed by atoms with Crippen LogP contribution in [0.5, 0.6) is 0 Å². The second kappa shape index (κ2) is 11.4. The summed E-state index contributed by atoms with van der Waals surface area (Å²) in [6.45, 7) is 0.771. The quantitative estimate of drug-likeness (QED) is 0.271. The van der Waals surface area contributed by atoms with Gasteiger partial charge in [0.2, 0.25) is 0 Å². The number of carbonyl (C=O) groups excluding carboxylic acids is 1. The smallest absolute Gasteiger partial charge is 0.456 e. The zero-order valence-electron chi connectivity index (χ0n) is 15.5. The van der Waals surface area contributed by atoms with E-state index in [1.54, 1.807) is 0 Å². The van der Waals surface area contributed by atoms with Crippen molar-refractivity contribution in [1.82, 2.24) is 4.72 Å². The van der Waals surface area contributed by atoms with E-state index >= 15 is 0 Å². The van der Waals surface area contributed by atoms with Crippen molar-refractivity contribution in [2.75, 3.05) is 13.2 Å². The lowest BCUT2D eigenvalue weighted by atomic mass is 9.67. The zero-order chi connectivity index (χ0) is 18.8. The maximum atomic E-state index is 11.9. The van der Waals surface area contributed by atoms with Gasteiger partial charge in [-0.1, -0.05) is 32.1 Å². The van der Waals surface area contributed by atoms with Gasteiger partial charge in [-0.05, 0) is 56.3 Å². The molecule has 2 aliphatic rings. The van der Waals surface area contributed by atoms with Crippen molar-refractivity contribution in [3.8, 4) is 0 Å². The van der Waals surface area contributed by atoms with Gasteiger partial charge in [0.15, 0.2) is 0 Å². The molecule has 2 bridgehead atoms. The highest BCUT2D eigenvalue weighted by Gasteiger charge is 2.31. The fraction of sp³-hybridized carbons (Fsp3) is 0.947. The number of carbonyl (C=O) groups is 1. The number of hydrogen-bond acceptors (Lipinski definition) is 4. The second-order valence-electron chi connectivity index (χ2n) is 7.85. The summed E-state index contributed by atoms with van der Waals surface area (Å²) in [7, 11) is 0. The summed E-state index contributed by atoms with van der Waals surface area (Å²) in [5.74, 6) is 2.40. The minimum Gasteiger partial charge on any atom is -0.466 e. The minimum atomic E-state index is -4.22. The van der Waals surface area contributed by atoms with E-state index in [9.17, 15) is 18.0 Å². The number of ether oxygens (including phenoxy) is 1. The fourth-order valence-electron chi connectivity index (χ4n) is 4.47. The summed E-state index contributed by atoms with van der Waals surface area (Å²) in [4.78, 5) is 11.9. The number of unbranched alkanes of at least 4 members (excludes halogenated alkanes) is 3. The first-order valence-corrected chi connectivity index (χ1v) is 10.9. The van der Waals surface area contributed by atoms with Crippen molar-refractivity contribution in [2.24, 2.45) is 17.8 Å². The summed E-state index contributed by atoms with van der Waals surface area (Å²) in [6, 6.07) is 0. The SMILES string of the molecule is O=C(CCC1CC2CCCC(C2)C1)OCCCCCCNSC(F)(F)F. The lowest BCUT2D eigenvalue weighted by Gasteiger charge is -2.39. The van der Waals surface area contributed by atoms with Gasteiger partial charge in [-0.25, -0.2) is 0 Å². The molecule has 0 saturated heterocycles. The molecule has 7 heteroatoms. The molecule has 0 aromatic carbocycles. The third-order valence-electron chi connectivity index (χ3n) is 5.61. The second-order valence-corrected chi connectivity index (χ2v) is 8.81. The van der Waals surface area contributed by atoms with Crippen LogP contribution in [0.25, 0.3) is 0 Å². The van der Waals surface area contributed by atoms with E-state index in [1.807, 2.05) is 0 Å². The van der Waals surface area contributed by atoms with E-state index in [0.29, 0.717) is 31.9 Å². The first-order chi connectivity index (χ1) is 12.4. The first kappa shape index (κ1) is 21.9. The molecule has 0 amide bonds. The van der Waals surface area contributed by atoms with Gasteiger partial charge in [-0.2, -0.15) is 13.2 Å². The molecule has 0 spiro atoms. The molecule has 0 aliphatic heterocycles. The largest absolute Gasteiger partial charge is 0.466 e. The van der Waals surface area contributed by atoms with Gasteiger partial charge in [-0.3, -0.25) is 9.52 Å². The molecule has 1 N–H and O–H groups in total. The van der Waals surface area contributed by atoms with Gasteiger partial charge in [0.1, 0.15) is 0 Å². The van der Waals surface area contributed by atoms with Crippen LogP contribution in [-0.2, 0) is 9.53 Å². The summed E-state index contributed by atoms with van der Waals surface area (Å²) < 4.78 is 43.3. The lowest BCUT2D eigenvalue weighted by Crippen LogP contribution is -2.27. The first-order valence-electron chi connectivity index (χ1n) is 10.1. The van der Waals surface area contributed by atoms with Crippen LogP contribution in [-0.4, -0.2) is 24.6 Å². The van der Waals surface area contributed by atoms with Crippen LogP contribution >= 0.6 is 11.9 Å². The molecule has 0 aromatic rings. The van der Waals surface area contributed by atoms with E-state index in [1.165, 1.54) is 38.5 Å². The molecule has 2 unspecified atom stereocenters. The summed E-state index contributed by atoms with van der Waals surface area (Å²) in [5, 5.41) is 0. The van der Waals surface area contributed by atoms with Gasteiger partial charge in [0.05, 0.1) is 6.61 Å². The van der Waals surface area contributed by atoms with Crippen molar-refractivity contribution >= 4 is 17.9 Å². The monoisotopic (exact) mass is 395 g/mol. The number of esters is 1. The number of rotatable bonds is 11. The summed E-state index contributed by atoms with van der Waals surface area (Å²) in [6.07, 6.45) is 12.8. The number of hydrogen-bond donors (Lipinski definition) is 1. The average Bonchev–Trinajstić information content (AvgIpc) is 2.57. The van der Waals surface area contributed by atoms with Crippen molar-refractivity contribution in [3.63, 3.8) is 0 Å². The number of nitrogens with one attached hydrogen (secondary N) is 1. The average molecular weight is 396 g/mol. The van der Waals surface area contributed by atoms with Crippen LogP contribution in [0.1, 0.15) is 77.0 Å². The third kappa shape index (κ3) is 9.49. The molecular formula is C19H32F3NO2S. The molecule has 2 saturated carbocycles. The summed E-state index contributed by atoms with van der Waals surface area (Å²) in [5.41, 5.74) is -4.22. The highest BCUT2D eigenvalue weighted by molar-refractivity contribution is 7.98.